The third-order valence-electron chi connectivity index (χ3n) is 6.45. The smallest absolute Gasteiger partial charge is 0.325 e. The molecule has 1 aromatic rings. The number of amides is 4. The van der Waals surface area contributed by atoms with Crippen LogP contribution < -0.4 is 10.1 Å². The van der Waals surface area contributed by atoms with Crippen molar-refractivity contribution < 1.29 is 19.1 Å². The van der Waals surface area contributed by atoms with E-state index in [-0.39, 0.29) is 23.8 Å². The first-order valence-electron chi connectivity index (χ1n) is 10.6. The summed E-state index contributed by atoms with van der Waals surface area (Å²) in [4.78, 5) is 41.3. The summed E-state index contributed by atoms with van der Waals surface area (Å²) in [5.74, 6) is 0.708. The van der Waals surface area contributed by atoms with E-state index < -0.39 is 5.54 Å². The van der Waals surface area contributed by atoms with E-state index in [1.807, 2.05) is 24.3 Å². The highest BCUT2D eigenvalue weighted by molar-refractivity contribution is 6.07. The highest BCUT2D eigenvalue weighted by atomic mass is 16.5. The summed E-state index contributed by atoms with van der Waals surface area (Å²) in [7, 11) is 1.62. The SMILES string of the molecule is COc1cccc(CN2CC(CN3C(=O)NC4(CCCCCC4)C3=O)CC2=O)c1. The monoisotopic (exact) mass is 399 g/mol. The van der Waals surface area contributed by atoms with Gasteiger partial charge in [-0.05, 0) is 30.5 Å². The molecular weight excluding hydrogens is 370 g/mol. The van der Waals surface area contributed by atoms with Crippen molar-refractivity contribution in [2.45, 2.75) is 57.0 Å². The number of rotatable bonds is 5. The molecule has 2 aliphatic heterocycles. The number of urea groups is 1. The van der Waals surface area contributed by atoms with E-state index >= 15 is 0 Å². The quantitative estimate of drug-likeness (QED) is 0.772. The molecule has 2 saturated heterocycles. The molecule has 156 valence electrons. The number of nitrogens with zero attached hydrogens (tertiary/aromatic N) is 2. The second kappa shape index (κ2) is 8.05. The van der Waals surface area contributed by atoms with Crippen molar-refractivity contribution in [3.05, 3.63) is 29.8 Å². The van der Waals surface area contributed by atoms with Crippen LogP contribution in [0.3, 0.4) is 0 Å². The Kier molecular flexibility index (Phi) is 5.48. The Morgan fingerprint density at radius 2 is 1.90 bits per heavy atom. The molecule has 1 atom stereocenters. The van der Waals surface area contributed by atoms with Crippen molar-refractivity contribution >= 4 is 17.8 Å². The number of methoxy groups -OCH3 is 1. The number of carbonyl (C=O) groups is 3. The molecule has 1 spiro atoms. The molecule has 0 radical (unpaired) electrons. The van der Waals surface area contributed by atoms with Crippen LogP contribution in [-0.4, -0.2) is 53.4 Å². The number of hydrogen-bond acceptors (Lipinski definition) is 4. The molecule has 1 N–H and O–H groups in total. The summed E-state index contributed by atoms with van der Waals surface area (Å²) in [6.45, 7) is 1.38. The van der Waals surface area contributed by atoms with Crippen LogP contribution in [0.25, 0.3) is 0 Å². The summed E-state index contributed by atoms with van der Waals surface area (Å²) in [6.07, 6.45) is 5.97. The van der Waals surface area contributed by atoms with Crippen LogP contribution in [-0.2, 0) is 16.1 Å². The van der Waals surface area contributed by atoms with Gasteiger partial charge in [0.2, 0.25) is 5.91 Å². The number of likely N-dealkylation sites (tertiary alicyclic amines) is 1. The molecule has 7 heteroatoms. The van der Waals surface area contributed by atoms with Gasteiger partial charge in [0.05, 0.1) is 7.11 Å². The Balaban J connectivity index is 1.39. The van der Waals surface area contributed by atoms with Gasteiger partial charge in [-0.25, -0.2) is 4.79 Å². The lowest BCUT2D eigenvalue weighted by Crippen LogP contribution is -2.46. The Hall–Kier alpha value is -2.57. The molecule has 2 heterocycles. The van der Waals surface area contributed by atoms with E-state index in [1.54, 1.807) is 12.0 Å². The summed E-state index contributed by atoms with van der Waals surface area (Å²) in [5.41, 5.74) is 0.293. The van der Waals surface area contributed by atoms with Crippen molar-refractivity contribution in [1.29, 1.82) is 0 Å². The Morgan fingerprint density at radius 1 is 1.14 bits per heavy atom. The third-order valence-corrected chi connectivity index (χ3v) is 6.45. The van der Waals surface area contributed by atoms with Crippen LogP contribution in [0.15, 0.2) is 24.3 Å². The lowest BCUT2D eigenvalue weighted by molar-refractivity contribution is -0.132. The maximum Gasteiger partial charge on any atom is 0.325 e. The number of hydrogen-bond donors (Lipinski definition) is 1. The molecule has 29 heavy (non-hydrogen) atoms. The number of nitrogens with one attached hydrogen (secondary N) is 1. The van der Waals surface area contributed by atoms with Crippen molar-refractivity contribution in [1.82, 2.24) is 15.1 Å². The molecule has 3 fully saturated rings. The van der Waals surface area contributed by atoms with Gasteiger partial charge in [0.1, 0.15) is 11.3 Å². The average molecular weight is 399 g/mol. The average Bonchev–Trinajstić information content (AvgIpc) is 3.03. The van der Waals surface area contributed by atoms with E-state index in [2.05, 4.69) is 5.32 Å². The zero-order valence-corrected chi connectivity index (χ0v) is 17.0. The summed E-state index contributed by atoms with van der Waals surface area (Å²) >= 11 is 0. The number of benzene rings is 1. The second-order valence-corrected chi connectivity index (χ2v) is 8.54. The zero-order chi connectivity index (χ0) is 20.4. The van der Waals surface area contributed by atoms with Gasteiger partial charge in [0, 0.05) is 32.0 Å². The topological polar surface area (TPSA) is 79.0 Å². The normalized spacial score (nSPS) is 24.2. The van der Waals surface area contributed by atoms with E-state index in [0.29, 0.717) is 26.1 Å². The lowest BCUT2D eigenvalue weighted by atomic mass is 9.90. The molecule has 3 aliphatic rings. The van der Waals surface area contributed by atoms with Gasteiger partial charge in [-0.1, -0.05) is 37.8 Å². The van der Waals surface area contributed by atoms with E-state index in [1.165, 1.54) is 4.90 Å². The highest BCUT2D eigenvalue weighted by Gasteiger charge is 2.51. The van der Waals surface area contributed by atoms with Gasteiger partial charge >= 0.3 is 6.03 Å². The maximum atomic E-state index is 13.1. The van der Waals surface area contributed by atoms with Gasteiger partial charge < -0.3 is 15.0 Å². The first kappa shape index (κ1) is 19.7. The van der Waals surface area contributed by atoms with Crippen molar-refractivity contribution in [2.24, 2.45) is 5.92 Å². The second-order valence-electron chi connectivity index (χ2n) is 8.54. The van der Waals surface area contributed by atoms with E-state index in [4.69, 9.17) is 4.74 Å². The van der Waals surface area contributed by atoms with Crippen LogP contribution in [0, 0.1) is 5.92 Å². The van der Waals surface area contributed by atoms with E-state index in [0.717, 1.165) is 49.8 Å². The molecule has 1 aromatic carbocycles. The van der Waals surface area contributed by atoms with Gasteiger partial charge in [0.15, 0.2) is 0 Å². The molecule has 0 bridgehead atoms. The van der Waals surface area contributed by atoms with Gasteiger partial charge in [0.25, 0.3) is 5.91 Å². The minimum atomic E-state index is -0.712. The molecule has 0 aromatic heterocycles. The highest BCUT2D eigenvalue weighted by Crippen LogP contribution is 2.34. The van der Waals surface area contributed by atoms with Crippen LogP contribution in [0.2, 0.25) is 0 Å². The molecular formula is C22H29N3O4. The van der Waals surface area contributed by atoms with Crippen LogP contribution >= 0.6 is 0 Å². The fraction of sp³-hybridized carbons (Fsp3) is 0.591. The Morgan fingerprint density at radius 3 is 2.62 bits per heavy atom. The zero-order valence-electron chi connectivity index (χ0n) is 17.0. The molecule has 7 nitrogen and oxygen atoms in total. The summed E-state index contributed by atoms with van der Waals surface area (Å²) in [6, 6.07) is 7.38. The fourth-order valence-electron chi connectivity index (χ4n) is 4.89. The number of imide groups is 1. The predicted molar refractivity (Wildman–Crippen MR) is 107 cm³/mol. The van der Waals surface area contributed by atoms with Gasteiger partial charge in [-0.3, -0.25) is 14.5 Å². The Labute approximate surface area is 171 Å². The first-order chi connectivity index (χ1) is 14.0. The lowest BCUT2D eigenvalue weighted by Gasteiger charge is -2.25. The fourth-order valence-corrected chi connectivity index (χ4v) is 4.89. The summed E-state index contributed by atoms with van der Waals surface area (Å²) in [5, 5.41) is 2.98. The molecule has 1 saturated carbocycles. The first-order valence-corrected chi connectivity index (χ1v) is 10.6. The summed E-state index contributed by atoms with van der Waals surface area (Å²) < 4.78 is 5.25. The molecule has 4 rings (SSSR count). The maximum absolute atomic E-state index is 13.1. The Bertz CT molecular complexity index is 801. The van der Waals surface area contributed by atoms with Crippen LogP contribution in [0.5, 0.6) is 5.75 Å². The van der Waals surface area contributed by atoms with E-state index in [9.17, 15) is 14.4 Å². The van der Waals surface area contributed by atoms with Crippen LogP contribution in [0.4, 0.5) is 4.79 Å². The minimum absolute atomic E-state index is 0.0243. The predicted octanol–water partition coefficient (Wildman–Crippen LogP) is 2.69. The largest absolute Gasteiger partial charge is 0.497 e. The van der Waals surface area contributed by atoms with Crippen molar-refractivity contribution in [2.75, 3.05) is 20.2 Å². The molecule has 1 unspecified atom stereocenters. The van der Waals surface area contributed by atoms with Gasteiger partial charge in [-0.15, -0.1) is 0 Å². The molecule has 1 aliphatic carbocycles. The van der Waals surface area contributed by atoms with Crippen molar-refractivity contribution in [3.63, 3.8) is 0 Å². The standard InChI is InChI=1S/C22H29N3O4/c1-29-18-8-6-7-16(11-18)13-24-14-17(12-19(24)26)15-25-20(27)22(23-21(25)28)9-4-2-3-5-10-22/h6-8,11,17H,2-5,9-10,12-15H2,1H3,(H,23,28). The van der Waals surface area contributed by atoms with Crippen molar-refractivity contribution in [3.8, 4) is 5.75 Å². The minimum Gasteiger partial charge on any atom is -0.497 e. The number of ether oxygens (including phenoxy) is 1. The molecule has 4 amide bonds. The van der Waals surface area contributed by atoms with Crippen LogP contribution in [0.1, 0.15) is 50.5 Å². The number of carbonyl (C=O) groups excluding carboxylic acids is 3. The van der Waals surface area contributed by atoms with Gasteiger partial charge in [-0.2, -0.15) is 0 Å². The third kappa shape index (κ3) is 3.95.